The number of aliphatic hydroxyl groups is 1. The van der Waals surface area contributed by atoms with Crippen LogP contribution in [0.3, 0.4) is 0 Å². The number of nitrogen functional groups attached to an aromatic ring is 1. The van der Waals surface area contributed by atoms with Gasteiger partial charge in [-0.15, -0.1) is 5.10 Å². The molecule has 0 radical (unpaired) electrons. The Balaban J connectivity index is 1.36. The monoisotopic (exact) mass is 556 g/mol. The molecule has 0 saturated heterocycles. The van der Waals surface area contributed by atoms with E-state index in [-0.39, 0.29) is 52.5 Å². The molecule has 9 nitrogen and oxygen atoms in total. The molecule has 2 amide bonds. The Morgan fingerprint density at radius 1 is 1.23 bits per heavy atom. The highest BCUT2D eigenvalue weighted by Crippen LogP contribution is 2.43. The molecule has 40 heavy (non-hydrogen) atoms. The predicted molar refractivity (Wildman–Crippen MR) is 140 cm³/mol. The van der Waals surface area contributed by atoms with Gasteiger partial charge in [0.1, 0.15) is 5.56 Å². The van der Waals surface area contributed by atoms with E-state index in [0.717, 1.165) is 18.9 Å². The molecule has 3 aromatic rings. The number of nitrogens with zero attached hydrogens (tertiary/aromatic N) is 4. The number of anilines is 1. The number of benzene rings is 1. The zero-order valence-electron chi connectivity index (χ0n) is 22.3. The van der Waals surface area contributed by atoms with E-state index in [2.05, 4.69) is 15.4 Å². The lowest BCUT2D eigenvalue weighted by Crippen LogP contribution is -2.42. The van der Waals surface area contributed by atoms with E-state index in [1.54, 1.807) is 13.0 Å². The SMILES string of the molecule is C[C@@H](C1CC1)N1Cc2cc(-c3ccn4nc(N)c(C(=O)NC5CCC(C)(O)CC5)c4n3)cc(C(F)(F)F)c2C1=O. The van der Waals surface area contributed by atoms with Gasteiger partial charge in [-0.3, -0.25) is 9.59 Å². The van der Waals surface area contributed by atoms with Crippen molar-refractivity contribution >= 4 is 23.3 Å². The lowest BCUT2D eigenvalue weighted by Gasteiger charge is -2.33. The highest BCUT2D eigenvalue weighted by molar-refractivity contribution is 6.04. The maximum Gasteiger partial charge on any atom is 0.417 e. The highest BCUT2D eigenvalue weighted by Gasteiger charge is 2.44. The van der Waals surface area contributed by atoms with Crippen molar-refractivity contribution in [1.82, 2.24) is 24.8 Å². The summed E-state index contributed by atoms with van der Waals surface area (Å²) in [5.74, 6) is -0.813. The normalized spacial score (nSPS) is 23.9. The summed E-state index contributed by atoms with van der Waals surface area (Å²) >= 11 is 0. The molecule has 0 unspecified atom stereocenters. The number of nitrogens with one attached hydrogen (secondary N) is 1. The van der Waals surface area contributed by atoms with Gasteiger partial charge >= 0.3 is 6.18 Å². The Morgan fingerprint density at radius 3 is 2.58 bits per heavy atom. The quantitative estimate of drug-likeness (QED) is 0.433. The largest absolute Gasteiger partial charge is 0.417 e. The van der Waals surface area contributed by atoms with Crippen LogP contribution in [0.5, 0.6) is 0 Å². The molecule has 3 heterocycles. The molecular formula is C28H31F3N6O3. The van der Waals surface area contributed by atoms with E-state index in [9.17, 15) is 27.9 Å². The first kappa shape index (κ1) is 26.5. The zero-order chi connectivity index (χ0) is 28.6. The first-order chi connectivity index (χ1) is 18.8. The van der Waals surface area contributed by atoms with E-state index in [4.69, 9.17) is 5.73 Å². The topological polar surface area (TPSA) is 126 Å². The summed E-state index contributed by atoms with van der Waals surface area (Å²) in [7, 11) is 0. The predicted octanol–water partition coefficient (Wildman–Crippen LogP) is 4.18. The number of halogens is 3. The molecule has 1 aromatic carbocycles. The van der Waals surface area contributed by atoms with Crippen LogP contribution >= 0.6 is 0 Å². The van der Waals surface area contributed by atoms with Gasteiger partial charge < -0.3 is 21.1 Å². The number of alkyl halides is 3. The van der Waals surface area contributed by atoms with Crippen LogP contribution in [0.25, 0.3) is 16.9 Å². The number of rotatable bonds is 5. The van der Waals surface area contributed by atoms with Crippen LogP contribution in [-0.4, -0.2) is 54.1 Å². The van der Waals surface area contributed by atoms with Crippen LogP contribution in [0.2, 0.25) is 0 Å². The zero-order valence-corrected chi connectivity index (χ0v) is 22.3. The Hall–Kier alpha value is -3.67. The number of nitrogens with two attached hydrogens (primary N) is 1. The van der Waals surface area contributed by atoms with Crippen LogP contribution < -0.4 is 11.1 Å². The fourth-order valence-electron chi connectivity index (χ4n) is 5.98. The maximum atomic E-state index is 14.2. The van der Waals surface area contributed by atoms with Crippen molar-refractivity contribution in [2.75, 3.05) is 5.73 Å². The van der Waals surface area contributed by atoms with Crippen molar-refractivity contribution in [3.05, 3.63) is 46.6 Å². The first-order valence-electron chi connectivity index (χ1n) is 13.6. The maximum absolute atomic E-state index is 14.2. The van der Waals surface area contributed by atoms with Gasteiger partial charge in [-0.1, -0.05) is 0 Å². The van der Waals surface area contributed by atoms with E-state index < -0.39 is 29.2 Å². The molecule has 12 heteroatoms. The summed E-state index contributed by atoms with van der Waals surface area (Å²) in [5.41, 5.74) is 4.86. The molecule has 212 valence electrons. The van der Waals surface area contributed by atoms with E-state index >= 15 is 0 Å². The molecule has 4 N–H and O–H groups in total. The third-order valence-corrected chi connectivity index (χ3v) is 8.57. The second-order valence-electron chi connectivity index (χ2n) is 11.7. The number of hydrogen-bond donors (Lipinski definition) is 3. The lowest BCUT2D eigenvalue weighted by molar-refractivity contribution is -0.137. The average molecular weight is 557 g/mol. The number of carbonyl (C=O) groups excluding carboxylic acids is 2. The van der Waals surface area contributed by atoms with Gasteiger partial charge in [0.05, 0.1) is 22.4 Å². The van der Waals surface area contributed by atoms with Crippen LogP contribution in [0, 0.1) is 5.92 Å². The number of hydrogen-bond acceptors (Lipinski definition) is 6. The molecule has 6 rings (SSSR count). The van der Waals surface area contributed by atoms with Gasteiger partial charge in [0.25, 0.3) is 11.8 Å². The summed E-state index contributed by atoms with van der Waals surface area (Å²) in [6.07, 6.45) is 0.976. The van der Waals surface area contributed by atoms with Crippen LogP contribution in [-0.2, 0) is 12.7 Å². The third-order valence-electron chi connectivity index (χ3n) is 8.57. The van der Waals surface area contributed by atoms with Crippen molar-refractivity contribution in [2.45, 2.75) is 82.8 Å². The molecular weight excluding hydrogens is 525 g/mol. The summed E-state index contributed by atoms with van der Waals surface area (Å²) in [5, 5.41) is 17.3. The molecule has 2 saturated carbocycles. The van der Waals surface area contributed by atoms with Gasteiger partial charge in [-0.05, 0) is 82.1 Å². The third kappa shape index (κ3) is 4.67. The molecule has 0 spiro atoms. The number of amides is 2. The fraction of sp³-hybridized carbons (Fsp3) is 0.500. The van der Waals surface area contributed by atoms with Crippen LogP contribution in [0.15, 0.2) is 24.4 Å². The second kappa shape index (κ2) is 9.18. The summed E-state index contributed by atoms with van der Waals surface area (Å²) in [6.45, 7) is 3.76. The molecule has 3 aliphatic rings. The molecule has 0 bridgehead atoms. The molecule has 1 atom stereocenters. The van der Waals surface area contributed by atoms with Crippen LogP contribution in [0.1, 0.15) is 84.2 Å². The minimum Gasteiger partial charge on any atom is -0.390 e. The Kier molecular flexibility index (Phi) is 6.10. The standard InChI is InChI=1S/C28H31F3N6O3/c1-14(15-3-4-15)36-13-17-11-16(12-19(28(29,30)31)21(17)26(36)39)20-7-10-37-24(34-20)22(23(32)35-37)25(38)33-18-5-8-27(2,40)9-6-18/h7,10-12,14-15,18,40H,3-6,8-9,13H2,1-2H3,(H2,32,35)(H,33,38)/t14-,18?,27?/m0/s1. The van der Waals surface area contributed by atoms with Crippen molar-refractivity contribution < 1.29 is 27.9 Å². The van der Waals surface area contributed by atoms with Crippen molar-refractivity contribution in [2.24, 2.45) is 5.92 Å². The smallest absolute Gasteiger partial charge is 0.390 e. The van der Waals surface area contributed by atoms with Crippen molar-refractivity contribution in [1.29, 1.82) is 0 Å². The minimum absolute atomic E-state index is 0.0380. The first-order valence-corrected chi connectivity index (χ1v) is 13.6. The Bertz CT molecular complexity index is 1520. The van der Waals surface area contributed by atoms with Gasteiger partial charge in [0.2, 0.25) is 0 Å². The summed E-state index contributed by atoms with van der Waals surface area (Å²) in [4.78, 5) is 32.4. The van der Waals surface area contributed by atoms with E-state index in [0.29, 0.717) is 37.2 Å². The molecule has 1 aliphatic heterocycles. The summed E-state index contributed by atoms with van der Waals surface area (Å²) < 4.78 is 44.0. The fourth-order valence-corrected chi connectivity index (χ4v) is 5.98. The molecule has 2 fully saturated rings. The lowest BCUT2D eigenvalue weighted by atomic mass is 9.83. The average Bonchev–Trinajstić information content (AvgIpc) is 3.61. The Morgan fingerprint density at radius 2 is 1.93 bits per heavy atom. The highest BCUT2D eigenvalue weighted by atomic mass is 19.4. The molecule has 2 aromatic heterocycles. The summed E-state index contributed by atoms with van der Waals surface area (Å²) in [6, 6.07) is 3.75. The van der Waals surface area contributed by atoms with Gasteiger partial charge in [0.15, 0.2) is 11.5 Å². The van der Waals surface area contributed by atoms with E-state index in [1.807, 2.05) is 6.92 Å². The second-order valence-corrected chi connectivity index (χ2v) is 11.7. The van der Waals surface area contributed by atoms with E-state index in [1.165, 1.54) is 21.7 Å². The van der Waals surface area contributed by atoms with Gasteiger partial charge in [-0.2, -0.15) is 13.2 Å². The van der Waals surface area contributed by atoms with Gasteiger partial charge in [-0.25, -0.2) is 9.50 Å². The van der Waals surface area contributed by atoms with Gasteiger partial charge in [0, 0.05) is 30.4 Å². The van der Waals surface area contributed by atoms with Crippen LogP contribution in [0.4, 0.5) is 19.0 Å². The number of carbonyl (C=O) groups is 2. The molecule has 2 aliphatic carbocycles. The Labute approximate surface area is 228 Å². The van der Waals surface area contributed by atoms with Crippen molar-refractivity contribution in [3.63, 3.8) is 0 Å². The van der Waals surface area contributed by atoms with Crippen molar-refractivity contribution in [3.8, 4) is 11.3 Å². The number of aromatic nitrogens is 3. The minimum atomic E-state index is -4.74. The number of fused-ring (bicyclic) bond motifs is 2.